The first-order valence-electron chi connectivity index (χ1n) is 8.62. The van der Waals surface area contributed by atoms with Gasteiger partial charge in [0, 0.05) is 0 Å². The van der Waals surface area contributed by atoms with Gasteiger partial charge in [0.2, 0.25) is 0 Å². The SMILES string of the molecule is O=C(O)CCOc1cccc(/C=C2\SC(=Nc3ccc(O)cc3C(=O)O)NC2=O)c1. The van der Waals surface area contributed by atoms with Crippen molar-refractivity contribution >= 4 is 46.5 Å². The number of ether oxygens (including phenoxy) is 1. The first-order valence-corrected chi connectivity index (χ1v) is 9.44. The molecule has 3 rings (SSSR count). The van der Waals surface area contributed by atoms with Crippen LogP contribution in [0.1, 0.15) is 22.3 Å². The number of nitrogens with zero attached hydrogens (tertiary/aromatic N) is 1. The lowest BCUT2D eigenvalue weighted by molar-refractivity contribution is -0.137. The number of aliphatic imine (C=N–C) groups is 1. The normalized spacial score (nSPS) is 15.9. The Balaban J connectivity index is 1.78. The number of hydrogen-bond donors (Lipinski definition) is 4. The number of phenols is 1. The quantitative estimate of drug-likeness (QED) is 0.493. The number of nitrogens with one attached hydrogen (secondary N) is 1. The first kappa shape index (κ1) is 20.9. The average Bonchev–Trinajstić information content (AvgIpc) is 3.02. The van der Waals surface area contributed by atoms with Gasteiger partial charge in [-0.25, -0.2) is 9.79 Å². The van der Waals surface area contributed by atoms with Crippen molar-refractivity contribution < 1.29 is 34.4 Å². The summed E-state index contributed by atoms with van der Waals surface area (Å²) in [6.07, 6.45) is 1.49. The summed E-state index contributed by atoms with van der Waals surface area (Å²) in [7, 11) is 0. The zero-order chi connectivity index (χ0) is 21.7. The van der Waals surface area contributed by atoms with Gasteiger partial charge < -0.3 is 25.4 Å². The van der Waals surface area contributed by atoms with Crippen LogP contribution in [-0.2, 0) is 9.59 Å². The molecule has 0 aliphatic carbocycles. The predicted octanol–water partition coefficient (Wildman–Crippen LogP) is 2.84. The fourth-order valence-electron chi connectivity index (χ4n) is 2.48. The number of carboxylic acid groups (broad SMARTS) is 2. The van der Waals surface area contributed by atoms with E-state index in [2.05, 4.69) is 10.3 Å². The minimum Gasteiger partial charge on any atom is -0.508 e. The van der Waals surface area contributed by atoms with Gasteiger partial charge in [-0.2, -0.15) is 0 Å². The zero-order valence-electron chi connectivity index (χ0n) is 15.4. The second-order valence-electron chi connectivity index (χ2n) is 6.05. The highest BCUT2D eigenvalue weighted by atomic mass is 32.2. The van der Waals surface area contributed by atoms with Crippen molar-refractivity contribution in [3.05, 3.63) is 58.5 Å². The van der Waals surface area contributed by atoms with Crippen molar-refractivity contribution in [2.24, 2.45) is 4.99 Å². The van der Waals surface area contributed by atoms with Gasteiger partial charge >= 0.3 is 11.9 Å². The van der Waals surface area contributed by atoms with Crippen LogP contribution in [0, 0.1) is 0 Å². The van der Waals surface area contributed by atoms with Crippen LogP contribution < -0.4 is 10.1 Å². The molecule has 0 saturated carbocycles. The van der Waals surface area contributed by atoms with E-state index in [0.717, 1.165) is 17.8 Å². The van der Waals surface area contributed by atoms with Crippen LogP contribution in [0.25, 0.3) is 6.08 Å². The molecule has 1 saturated heterocycles. The third kappa shape index (κ3) is 5.39. The molecule has 4 N–H and O–H groups in total. The van der Waals surface area contributed by atoms with Crippen molar-refractivity contribution in [3.8, 4) is 11.5 Å². The third-order valence-corrected chi connectivity index (χ3v) is 4.73. The summed E-state index contributed by atoms with van der Waals surface area (Å²) in [6, 6.07) is 10.5. The van der Waals surface area contributed by atoms with Crippen LogP contribution in [0.2, 0.25) is 0 Å². The number of carbonyl (C=O) groups excluding carboxylic acids is 1. The lowest BCUT2D eigenvalue weighted by atomic mass is 10.2. The summed E-state index contributed by atoms with van der Waals surface area (Å²) in [6.45, 7) is 0.0277. The highest BCUT2D eigenvalue weighted by Gasteiger charge is 2.24. The van der Waals surface area contributed by atoms with E-state index in [1.54, 1.807) is 30.3 Å². The maximum Gasteiger partial charge on any atom is 0.338 e. The predicted molar refractivity (Wildman–Crippen MR) is 110 cm³/mol. The van der Waals surface area contributed by atoms with Gasteiger partial charge in [-0.3, -0.25) is 9.59 Å². The Labute approximate surface area is 174 Å². The molecule has 2 aromatic rings. The molecule has 0 aromatic heterocycles. The van der Waals surface area contributed by atoms with Gasteiger partial charge in [0.25, 0.3) is 5.91 Å². The Morgan fingerprint density at radius 2 is 1.97 bits per heavy atom. The molecule has 1 heterocycles. The Kier molecular flexibility index (Phi) is 6.38. The first-order chi connectivity index (χ1) is 14.3. The summed E-state index contributed by atoms with van der Waals surface area (Å²) in [5.74, 6) is -2.34. The number of amidine groups is 1. The molecule has 0 unspecified atom stereocenters. The van der Waals surface area contributed by atoms with Gasteiger partial charge in [0.05, 0.1) is 29.2 Å². The Hall–Kier alpha value is -3.79. The number of phenolic OH excluding ortho intramolecular Hbond substituents is 1. The van der Waals surface area contributed by atoms with Gasteiger partial charge in [-0.05, 0) is 53.7 Å². The van der Waals surface area contributed by atoms with Crippen LogP contribution in [0.15, 0.2) is 52.4 Å². The number of carboxylic acids is 2. The van der Waals surface area contributed by atoms with E-state index < -0.39 is 17.8 Å². The molecule has 1 amide bonds. The molecule has 0 spiro atoms. The molecular formula is C20H16N2O7S. The topological polar surface area (TPSA) is 146 Å². The van der Waals surface area contributed by atoms with E-state index >= 15 is 0 Å². The van der Waals surface area contributed by atoms with Crippen molar-refractivity contribution in [3.63, 3.8) is 0 Å². The second-order valence-corrected chi connectivity index (χ2v) is 7.08. The molecule has 2 aromatic carbocycles. The van der Waals surface area contributed by atoms with E-state index in [1.807, 2.05) is 0 Å². The lowest BCUT2D eigenvalue weighted by Crippen LogP contribution is -2.19. The molecule has 10 heteroatoms. The minimum absolute atomic E-state index is 0.0277. The van der Waals surface area contributed by atoms with E-state index in [-0.39, 0.29) is 35.2 Å². The van der Waals surface area contributed by atoms with Gasteiger partial charge in [0.15, 0.2) is 5.17 Å². The molecule has 0 radical (unpaired) electrons. The molecular weight excluding hydrogens is 412 g/mol. The van der Waals surface area contributed by atoms with Crippen LogP contribution in [0.3, 0.4) is 0 Å². The molecule has 0 atom stereocenters. The Bertz CT molecular complexity index is 1080. The average molecular weight is 428 g/mol. The summed E-state index contributed by atoms with van der Waals surface area (Å²) in [4.78, 5) is 38.7. The van der Waals surface area contributed by atoms with Crippen molar-refractivity contribution in [2.45, 2.75) is 6.42 Å². The zero-order valence-corrected chi connectivity index (χ0v) is 16.2. The number of aromatic hydroxyl groups is 1. The molecule has 154 valence electrons. The number of hydrogen-bond acceptors (Lipinski definition) is 7. The summed E-state index contributed by atoms with van der Waals surface area (Å²) in [5.41, 5.74) is 0.566. The summed E-state index contributed by atoms with van der Waals surface area (Å²) < 4.78 is 5.38. The van der Waals surface area contributed by atoms with E-state index in [0.29, 0.717) is 16.2 Å². The lowest BCUT2D eigenvalue weighted by Gasteiger charge is -2.05. The number of aromatic carboxylic acids is 1. The van der Waals surface area contributed by atoms with Crippen molar-refractivity contribution in [1.29, 1.82) is 0 Å². The maximum absolute atomic E-state index is 12.3. The number of amides is 1. The molecule has 9 nitrogen and oxygen atoms in total. The fourth-order valence-corrected chi connectivity index (χ4v) is 3.32. The van der Waals surface area contributed by atoms with Crippen LogP contribution >= 0.6 is 11.8 Å². The Morgan fingerprint density at radius 1 is 1.17 bits per heavy atom. The van der Waals surface area contributed by atoms with Crippen LogP contribution in [0.4, 0.5) is 5.69 Å². The monoisotopic (exact) mass is 428 g/mol. The summed E-state index contributed by atoms with van der Waals surface area (Å²) >= 11 is 1.04. The molecule has 30 heavy (non-hydrogen) atoms. The highest BCUT2D eigenvalue weighted by Crippen LogP contribution is 2.31. The molecule has 1 aliphatic rings. The van der Waals surface area contributed by atoms with Gasteiger partial charge in [-0.15, -0.1) is 0 Å². The maximum atomic E-state index is 12.3. The smallest absolute Gasteiger partial charge is 0.338 e. The van der Waals surface area contributed by atoms with Gasteiger partial charge in [-0.1, -0.05) is 12.1 Å². The number of carbonyl (C=O) groups is 3. The Morgan fingerprint density at radius 3 is 2.70 bits per heavy atom. The largest absolute Gasteiger partial charge is 0.508 e. The number of benzene rings is 2. The van der Waals surface area contributed by atoms with Crippen molar-refractivity contribution in [2.75, 3.05) is 6.61 Å². The van der Waals surface area contributed by atoms with E-state index in [9.17, 15) is 24.6 Å². The van der Waals surface area contributed by atoms with Crippen LogP contribution in [-0.4, -0.2) is 44.9 Å². The number of aliphatic carboxylic acids is 1. The fraction of sp³-hybridized carbons (Fsp3) is 0.100. The molecule has 1 fully saturated rings. The summed E-state index contributed by atoms with van der Waals surface area (Å²) in [5, 5.41) is 30.1. The number of thioether (sulfide) groups is 1. The van der Waals surface area contributed by atoms with E-state index in [4.69, 9.17) is 9.84 Å². The van der Waals surface area contributed by atoms with E-state index in [1.165, 1.54) is 12.1 Å². The van der Waals surface area contributed by atoms with Crippen LogP contribution in [0.5, 0.6) is 11.5 Å². The highest BCUT2D eigenvalue weighted by molar-refractivity contribution is 8.18. The second kappa shape index (κ2) is 9.14. The minimum atomic E-state index is -1.25. The van der Waals surface area contributed by atoms with Gasteiger partial charge in [0.1, 0.15) is 11.5 Å². The van der Waals surface area contributed by atoms with Crippen molar-refractivity contribution in [1.82, 2.24) is 5.32 Å². The number of rotatable bonds is 7. The molecule has 0 bridgehead atoms. The molecule has 1 aliphatic heterocycles. The third-order valence-electron chi connectivity index (χ3n) is 3.82. The standard InChI is InChI=1S/C20H16N2O7S/c23-12-4-5-15(14(10-12)19(27)28)21-20-22-18(26)16(30-20)9-11-2-1-3-13(8-11)29-7-6-17(24)25/h1-5,8-10,23H,6-7H2,(H,24,25)(H,27,28)(H,21,22,26)/b16-9-.